The number of likely N-dealkylation sites (N-methyl/N-ethyl adjacent to an activating group) is 1. The maximum atomic E-state index is 14.0. The van der Waals surface area contributed by atoms with Gasteiger partial charge in [0.2, 0.25) is 5.95 Å². The number of anilines is 1. The third-order valence-electron chi connectivity index (χ3n) is 4.75. The largest absolute Gasteiger partial charge is 0.369 e. The van der Waals surface area contributed by atoms with Crippen molar-refractivity contribution in [2.24, 2.45) is 0 Å². The van der Waals surface area contributed by atoms with Gasteiger partial charge in [0, 0.05) is 44.3 Å². The number of halogens is 1. The molecule has 126 valence electrons. The molecule has 0 atom stereocenters. The van der Waals surface area contributed by atoms with Crippen molar-refractivity contribution >= 4 is 22.5 Å². The lowest BCUT2D eigenvalue weighted by Crippen LogP contribution is -2.45. The molecule has 0 spiro atoms. The van der Waals surface area contributed by atoms with Crippen LogP contribution in [0.4, 0.5) is 10.3 Å². The molecule has 3 aromatic rings. The minimum atomic E-state index is -0.373. The van der Waals surface area contributed by atoms with E-state index in [1.807, 2.05) is 12.3 Å². The van der Waals surface area contributed by atoms with Crippen molar-refractivity contribution in [2.45, 2.75) is 13.5 Å². The fourth-order valence-electron chi connectivity index (χ4n) is 3.34. The third-order valence-corrected chi connectivity index (χ3v) is 4.75. The average molecular weight is 328 g/mol. The second-order valence-electron chi connectivity index (χ2n) is 6.24. The van der Waals surface area contributed by atoms with Crippen LogP contribution in [0, 0.1) is 5.82 Å². The van der Waals surface area contributed by atoms with Crippen LogP contribution in [0.2, 0.25) is 0 Å². The first-order valence-electron chi connectivity index (χ1n) is 8.32. The van der Waals surface area contributed by atoms with E-state index in [4.69, 9.17) is 10.7 Å². The van der Waals surface area contributed by atoms with Crippen molar-refractivity contribution in [3.63, 3.8) is 0 Å². The van der Waals surface area contributed by atoms with E-state index in [-0.39, 0.29) is 17.3 Å². The number of piperazine rings is 1. The van der Waals surface area contributed by atoms with E-state index >= 15 is 0 Å². The van der Waals surface area contributed by atoms with Crippen LogP contribution >= 0.6 is 0 Å². The summed E-state index contributed by atoms with van der Waals surface area (Å²) in [6, 6.07) is 4.90. The van der Waals surface area contributed by atoms with Crippen LogP contribution in [0.5, 0.6) is 0 Å². The first-order chi connectivity index (χ1) is 11.7. The summed E-state index contributed by atoms with van der Waals surface area (Å²) in [4.78, 5) is 13.7. The number of nitrogens with zero attached hydrogens (tertiary/aromatic N) is 5. The number of nitrogens with two attached hydrogens (primary N) is 1. The Balaban J connectivity index is 1.67. The standard InChI is InChI=1S/C17H21FN6/c1-2-22-6-8-23(9-7-22)10-12-11-24-16(20-12)13-4-3-5-14(18)15(13)21-17(24)19/h3-5,11H,2,6-10H2,1H3,(H2,19,21). The van der Waals surface area contributed by atoms with Gasteiger partial charge in [-0.2, -0.15) is 0 Å². The SMILES string of the molecule is CCN1CCN(Cc2cn3c(N)nc4c(F)cccc4c3n2)CC1. The lowest BCUT2D eigenvalue weighted by Gasteiger charge is -2.33. The maximum absolute atomic E-state index is 14.0. The Bertz CT molecular complexity index is 882. The fourth-order valence-corrected chi connectivity index (χ4v) is 3.34. The van der Waals surface area contributed by atoms with E-state index in [2.05, 4.69) is 21.7 Å². The number of imidazole rings is 1. The van der Waals surface area contributed by atoms with Gasteiger partial charge in [-0.3, -0.25) is 9.30 Å². The van der Waals surface area contributed by atoms with Gasteiger partial charge in [0.1, 0.15) is 17.0 Å². The van der Waals surface area contributed by atoms with Gasteiger partial charge in [-0.15, -0.1) is 0 Å². The lowest BCUT2D eigenvalue weighted by atomic mass is 10.2. The zero-order valence-electron chi connectivity index (χ0n) is 13.7. The number of rotatable bonds is 3. The predicted octanol–water partition coefficient (Wildman–Crippen LogP) is 1.74. The fraction of sp³-hybridized carbons (Fsp3) is 0.412. The molecule has 2 N–H and O–H groups in total. The highest BCUT2D eigenvalue weighted by Crippen LogP contribution is 2.23. The molecule has 0 radical (unpaired) electrons. The van der Waals surface area contributed by atoms with Gasteiger partial charge in [-0.25, -0.2) is 14.4 Å². The minimum absolute atomic E-state index is 0.261. The van der Waals surface area contributed by atoms with Crippen molar-refractivity contribution in [1.82, 2.24) is 24.2 Å². The molecule has 1 aliphatic rings. The number of nitrogen functional groups attached to an aromatic ring is 1. The summed E-state index contributed by atoms with van der Waals surface area (Å²) < 4.78 is 15.7. The van der Waals surface area contributed by atoms with Crippen LogP contribution in [0.15, 0.2) is 24.4 Å². The molecule has 24 heavy (non-hydrogen) atoms. The second-order valence-corrected chi connectivity index (χ2v) is 6.24. The van der Waals surface area contributed by atoms with E-state index in [0.29, 0.717) is 11.0 Å². The molecule has 2 aromatic heterocycles. The van der Waals surface area contributed by atoms with Gasteiger partial charge >= 0.3 is 0 Å². The minimum Gasteiger partial charge on any atom is -0.369 e. The van der Waals surface area contributed by atoms with Crippen LogP contribution in [-0.2, 0) is 6.54 Å². The zero-order valence-corrected chi connectivity index (χ0v) is 13.7. The molecule has 0 bridgehead atoms. The molecule has 4 rings (SSSR count). The monoisotopic (exact) mass is 328 g/mol. The number of para-hydroxylation sites is 1. The van der Waals surface area contributed by atoms with Crippen molar-refractivity contribution in [2.75, 3.05) is 38.5 Å². The Morgan fingerprint density at radius 1 is 1.12 bits per heavy atom. The van der Waals surface area contributed by atoms with Crippen molar-refractivity contribution in [3.05, 3.63) is 35.9 Å². The van der Waals surface area contributed by atoms with Crippen LogP contribution in [0.3, 0.4) is 0 Å². The maximum Gasteiger partial charge on any atom is 0.206 e. The van der Waals surface area contributed by atoms with Crippen LogP contribution in [-0.4, -0.2) is 56.9 Å². The van der Waals surface area contributed by atoms with Gasteiger partial charge < -0.3 is 10.6 Å². The molecule has 1 aromatic carbocycles. The Morgan fingerprint density at radius 2 is 1.88 bits per heavy atom. The molecule has 0 unspecified atom stereocenters. The summed E-state index contributed by atoms with van der Waals surface area (Å²) in [7, 11) is 0. The smallest absolute Gasteiger partial charge is 0.206 e. The van der Waals surface area contributed by atoms with E-state index in [0.717, 1.165) is 45.0 Å². The van der Waals surface area contributed by atoms with E-state index in [1.54, 1.807) is 10.5 Å². The molecule has 6 nitrogen and oxygen atoms in total. The number of aromatic nitrogens is 3. The molecule has 7 heteroatoms. The number of benzene rings is 1. The average Bonchev–Trinajstić information content (AvgIpc) is 3.01. The van der Waals surface area contributed by atoms with Crippen molar-refractivity contribution in [3.8, 4) is 0 Å². The lowest BCUT2D eigenvalue weighted by molar-refractivity contribution is 0.131. The van der Waals surface area contributed by atoms with Gasteiger partial charge in [0.05, 0.1) is 5.69 Å². The van der Waals surface area contributed by atoms with Crippen LogP contribution < -0.4 is 5.73 Å². The Labute approximate surface area is 139 Å². The van der Waals surface area contributed by atoms with Gasteiger partial charge in [-0.1, -0.05) is 13.0 Å². The highest BCUT2D eigenvalue weighted by molar-refractivity contribution is 5.92. The molecule has 3 heterocycles. The normalized spacial score (nSPS) is 17.1. The number of hydrogen-bond acceptors (Lipinski definition) is 5. The second kappa shape index (κ2) is 5.99. The summed E-state index contributed by atoms with van der Waals surface area (Å²) >= 11 is 0. The third kappa shape index (κ3) is 2.59. The first-order valence-corrected chi connectivity index (χ1v) is 8.32. The van der Waals surface area contributed by atoms with Crippen molar-refractivity contribution in [1.29, 1.82) is 0 Å². The molecule has 1 fully saturated rings. The van der Waals surface area contributed by atoms with Gasteiger partial charge in [0.25, 0.3) is 0 Å². The Morgan fingerprint density at radius 3 is 2.62 bits per heavy atom. The zero-order chi connectivity index (χ0) is 16.7. The molecule has 0 saturated carbocycles. The highest BCUT2D eigenvalue weighted by Gasteiger charge is 2.18. The molecular weight excluding hydrogens is 307 g/mol. The molecular formula is C17H21FN6. The van der Waals surface area contributed by atoms with Crippen molar-refractivity contribution < 1.29 is 4.39 Å². The molecule has 1 aliphatic heterocycles. The number of fused-ring (bicyclic) bond motifs is 3. The summed E-state index contributed by atoms with van der Waals surface area (Å²) in [5.74, 6) is -0.112. The Kier molecular flexibility index (Phi) is 3.82. The molecule has 0 amide bonds. The summed E-state index contributed by atoms with van der Waals surface area (Å²) in [5.41, 5.74) is 7.87. The van der Waals surface area contributed by atoms with E-state index in [9.17, 15) is 4.39 Å². The number of hydrogen-bond donors (Lipinski definition) is 1. The van der Waals surface area contributed by atoms with Crippen LogP contribution in [0.1, 0.15) is 12.6 Å². The Hall–Kier alpha value is -2.25. The van der Waals surface area contributed by atoms with Gasteiger partial charge in [0.15, 0.2) is 0 Å². The topological polar surface area (TPSA) is 62.7 Å². The molecule has 0 aliphatic carbocycles. The van der Waals surface area contributed by atoms with Crippen LogP contribution in [0.25, 0.3) is 16.6 Å². The summed E-state index contributed by atoms with van der Waals surface area (Å²) in [5, 5.41) is 0.686. The molecule has 1 saturated heterocycles. The quantitative estimate of drug-likeness (QED) is 0.793. The van der Waals surface area contributed by atoms with E-state index in [1.165, 1.54) is 6.07 Å². The summed E-state index contributed by atoms with van der Waals surface area (Å²) in [6.45, 7) is 8.30. The summed E-state index contributed by atoms with van der Waals surface area (Å²) in [6.07, 6.45) is 1.91. The highest BCUT2D eigenvalue weighted by atomic mass is 19.1. The first kappa shape index (κ1) is 15.3. The predicted molar refractivity (Wildman–Crippen MR) is 92.3 cm³/mol. The van der Waals surface area contributed by atoms with E-state index < -0.39 is 0 Å². The van der Waals surface area contributed by atoms with Gasteiger partial charge in [-0.05, 0) is 18.7 Å².